The van der Waals surface area contributed by atoms with E-state index in [1.807, 2.05) is 4.90 Å². The van der Waals surface area contributed by atoms with Crippen LogP contribution in [0.4, 0.5) is 11.6 Å². The molecule has 3 rings (SSSR count). The number of anilines is 2. The number of rotatable bonds is 4. The number of aromatic nitrogens is 2. The van der Waals surface area contributed by atoms with Gasteiger partial charge in [0.2, 0.25) is 0 Å². The number of sulfone groups is 1. The van der Waals surface area contributed by atoms with Crippen LogP contribution in [0.3, 0.4) is 0 Å². The first-order valence-corrected chi connectivity index (χ1v) is 9.46. The minimum atomic E-state index is -2.94. The molecule has 8 nitrogen and oxygen atoms in total. The molecular formula is C14H20N4O4S. The molecule has 2 saturated heterocycles. The molecular weight excluding hydrogens is 320 g/mol. The van der Waals surface area contributed by atoms with E-state index in [0.29, 0.717) is 24.7 Å². The first-order chi connectivity index (χ1) is 10.9. The highest BCUT2D eigenvalue weighted by Crippen LogP contribution is 2.21. The van der Waals surface area contributed by atoms with Crippen LogP contribution in [0.25, 0.3) is 0 Å². The maximum atomic E-state index is 11.9. The summed E-state index contributed by atoms with van der Waals surface area (Å²) in [6.07, 6.45) is 1.79. The van der Waals surface area contributed by atoms with E-state index in [-0.39, 0.29) is 23.5 Å². The van der Waals surface area contributed by atoms with Crippen LogP contribution in [-0.2, 0) is 19.4 Å². The lowest BCUT2D eigenvalue weighted by molar-refractivity contribution is -0.124. The van der Waals surface area contributed by atoms with Crippen molar-refractivity contribution in [1.82, 2.24) is 10.2 Å². The first kappa shape index (κ1) is 16.1. The zero-order chi connectivity index (χ0) is 16.4. The predicted molar refractivity (Wildman–Crippen MR) is 85.1 cm³/mol. The second-order valence-corrected chi connectivity index (χ2v) is 8.16. The Hall–Kier alpha value is -1.74. The van der Waals surface area contributed by atoms with E-state index in [9.17, 15) is 13.2 Å². The molecule has 0 spiro atoms. The van der Waals surface area contributed by atoms with E-state index in [0.717, 1.165) is 12.8 Å². The topological polar surface area (TPSA) is 101 Å². The molecule has 1 aromatic heterocycles. The van der Waals surface area contributed by atoms with Crippen molar-refractivity contribution in [2.24, 2.45) is 0 Å². The number of nitrogens with zero attached hydrogens (tertiary/aromatic N) is 3. The zero-order valence-electron chi connectivity index (χ0n) is 12.9. The molecule has 0 radical (unpaired) electrons. The number of carbonyl (C=O) groups is 1. The number of amides is 1. The van der Waals surface area contributed by atoms with E-state index >= 15 is 0 Å². The molecule has 0 aromatic carbocycles. The molecule has 9 heteroatoms. The average Bonchev–Trinajstić information content (AvgIpc) is 3.17. The lowest BCUT2D eigenvalue weighted by Crippen LogP contribution is -2.33. The molecule has 3 heterocycles. The summed E-state index contributed by atoms with van der Waals surface area (Å²) in [5.41, 5.74) is 0. The van der Waals surface area contributed by atoms with Gasteiger partial charge < -0.3 is 15.0 Å². The van der Waals surface area contributed by atoms with E-state index in [2.05, 4.69) is 15.5 Å². The van der Waals surface area contributed by atoms with Crippen molar-refractivity contribution in [3.8, 4) is 0 Å². The second kappa shape index (κ2) is 6.40. The Kier molecular flexibility index (Phi) is 4.49. The summed E-state index contributed by atoms with van der Waals surface area (Å²) in [5.74, 6) is 1.09. The van der Waals surface area contributed by atoms with Gasteiger partial charge in [0.15, 0.2) is 21.5 Å². The van der Waals surface area contributed by atoms with Crippen molar-refractivity contribution in [2.75, 3.05) is 35.4 Å². The molecule has 0 aliphatic carbocycles. The number of ether oxygens (including phenoxy) is 1. The van der Waals surface area contributed by atoms with Gasteiger partial charge in [-0.3, -0.25) is 4.79 Å². The summed E-state index contributed by atoms with van der Waals surface area (Å²) < 4.78 is 28.4. The first-order valence-electron chi connectivity index (χ1n) is 7.64. The fourth-order valence-electron chi connectivity index (χ4n) is 2.84. The van der Waals surface area contributed by atoms with Crippen molar-refractivity contribution >= 4 is 27.4 Å². The fourth-order valence-corrected chi connectivity index (χ4v) is 4.61. The number of hydrogen-bond donors (Lipinski definition) is 1. The standard InChI is InChI=1S/C14H20N4O4S/c1-18(10-6-8-23(20,21)9-10)13-5-4-12(16-17-13)15-14(19)11-3-2-7-22-11/h4-5,10-11H,2-3,6-9H2,1H3,(H,15,16,19). The second-order valence-electron chi connectivity index (χ2n) is 5.94. The summed E-state index contributed by atoms with van der Waals surface area (Å²) in [6.45, 7) is 0.609. The van der Waals surface area contributed by atoms with Crippen molar-refractivity contribution in [3.63, 3.8) is 0 Å². The van der Waals surface area contributed by atoms with Gasteiger partial charge in [-0.2, -0.15) is 0 Å². The molecule has 2 unspecified atom stereocenters. The lowest BCUT2D eigenvalue weighted by atomic mass is 10.2. The molecule has 2 fully saturated rings. The Bertz CT molecular complexity index is 671. The third kappa shape index (κ3) is 3.78. The van der Waals surface area contributed by atoms with Crippen LogP contribution >= 0.6 is 0 Å². The van der Waals surface area contributed by atoms with Crippen molar-refractivity contribution < 1.29 is 17.9 Å². The van der Waals surface area contributed by atoms with Gasteiger partial charge in [-0.25, -0.2) is 8.42 Å². The van der Waals surface area contributed by atoms with Crippen LogP contribution in [0.15, 0.2) is 12.1 Å². The summed E-state index contributed by atoms with van der Waals surface area (Å²) in [6, 6.07) is 3.31. The largest absolute Gasteiger partial charge is 0.368 e. The Morgan fingerprint density at radius 3 is 2.74 bits per heavy atom. The summed E-state index contributed by atoms with van der Waals surface area (Å²) in [4.78, 5) is 13.8. The highest BCUT2D eigenvalue weighted by atomic mass is 32.2. The third-order valence-electron chi connectivity index (χ3n) is 4.24. The normalized spacial score (nSPS) is 26.1. The minimum absolute atomic E-state index is 0.0818. The number of carbonyl (C=O) groups excluding carboxylic acids is 1. The molecule has 1 N–H and O–H groups in total. The van der Waals surface area contributed by atoms with E-state index < -0.39 is 15.9 Å². The molecule has 1 amide bonds. The van der Waals surface area contributed by atoms with Gasteiger partial charge in [0, 0.05) is 19.7 Å². The highest BCUT2D eigenvalue weighted by Gasteiger charge is 2.31. The van der Waals surface area contributed by atoms with Crippen LogP contribution in [0.1, 0.15) is 19.3 Å². The monoisotopic (exact) mass is 340 g/mol. The van der Waals surface area contributed by atoms with E-state index in [1.54, 1.807) is 19.2 Å². The van der Waals surface area contributed by atoms with Gasteiger partial charge in [0.1, 0.15) is 6.10 Å². The molecule has 1 aromatic rings. The molecule has 0 bridgehead atoms. The third-order valence-corrected chi connectivity index (χ3v) is 5.99. The van der Waals surface area contributed by atoms with Crippen LogP contribution in [-0.4, -0.2) is 61.8 Å². The van der Waals surface area contributed by atoms with Crippen LogP contribution in [0.5, 0.6) is 0 Å². The Labute approximate surface area is 135 Å². The highest BCUT2D eigenvalue weighted by molar-refractivity contribution is 7.91. The zero-order valence-corrected chi connectivity index (χ0v) is 13.8. The van der Waals surface area contributed by atoms with Crippen molar-refractivity contribution in [2.45, 2.75) is 31.4 Å². The fraction of sp³-hybridized carbons (Fsp3) is 0.643. The molecule has 2 aliphatic heterocycles. The van der Waals surface area contributed by atoms with Gasteiger partial charge >= 0.3 is 0 Å². The van der Waals surface area contributed by atoms with Crippen LogP contribution < -0.4 is 10.2 Å². The predicted octanol–water partition coefficient (Wildman–Crippen LogP) is 0.217. The van der Waals surface area contributed by atoms with Gasteiger partial charge in [-0.15, -0.1) is 10.2 Å². The Balaban J connectivity index is 1.61. The Morgan fingerprint density at radius 1 is 1.35 bits per heavy atom. The molecule has 126 valence electrons. The number of hydrogen-bond acceptors (Lipinski definition) is 7. The maximum absolute atomic E-state index is 11.9. The van der Waals surface area contributed by atoms with Crippen LogP contribution in [0.2, 0.25) is 0 Å². The molecule has 2 atom stereocenters. The lowest BCUT2D eigenvalue weighted by Gasteiger charge is -2.23. The summed E-state index contributed by atoms with van der Waals surface area (Å²) >= 11 is 0. The van der Waals surface area contributed by atoms with Gasteiger partial charge in [0.05, 0.1) is 11.5 Å². The van der Waals surface area contributed by atoms with Crippen molar-refractivity contribution in [3.05, 3.63) is 12.1 Å². The average molecular weight is 340 g/mol. The van der Waals surface area contributed by atoms with E-state index in [1.165, 1.54) is 0 Å². The quantitative estimate of drug-likeness (QED) is 0.836. The summed E-state index contributed by atoms with van der Waals surface area (Å²) in [5, 5.41) is 10.7. The number of nitrogens with one attached hydrogen (secondary N) is 1. The van der Waals surface area contributed by atoms with Gasteiger partial charge in [0.25, 0.3) is 5.91 Å². The smallest absolute Gasteiger partial charge is 0.254 e. The SMILES string of the molecule is CN(c1ccc(NC(=O)C2CCCO2)nn1)C1CCS(=O)(=O)C1. The van der Waals surface area contributed by atoms with Crippen molar-refractivity contribution in [1.29, 1.82) is 0 Å². The van der Waals surface area contributed by atoms with Gasteiger partial charge in [-0.1, -0.05) is 0 Å². The van der Waals surface area contributed by atoms with Crippen LogP contribution in [0, 0.1) is 0 Å². The molecule has 23 heavy (non-hydrogen) atoms. The summed E-state index contributed by atoms with van der Waals surface area (Å²) in [7, 11) is -1.14. The molecule has 2 aliphatic rings. The van der Waals surface area contributed by atoms with E-state index in [4.69, 9.17) is 4.74 Å². The molecule has 0 saturated carbocycles. The van der Waals surface area contributed by atoms with Gasteiger partial charge in [-0.05, 0) is 31.4 Å². The maximum Gasteiger partial charge on any atom is 0.254 e. The Morgan fingerprint density at radius 2 is 2.17 bits per heavy atom. The minimum Gasteiger partial charge on any atom is -0.368 e.